The van der Waals surface area contributed by atoms with Gasteiger partial charge in [0.05, 0.1) is 22.0 Å². The van der Waals surface area contributed by atoms with Crippen LogP contribution in [0, 0.1) is 5.82 Å². The first kappa shape index (κ1) is 22.8. The van der Waals surface area contributed by atoms with E-state index in [0.717, 1.165) is 22.2 Å². The van der Waals surface area contributed by atoms with E-state index in [9.17, 15) is 17.6 Å². The van der Waals surface area contributed by atoms with Gasteiger partial charge in [-0.25, -0.2) is 12.8 Å². The molecular formula is C18H19Cl2FN2O3S2. The van der Waals surface area contributed by atoms with Crippen LogP contribution in [-0.2, 0) is 20.6 Å². The molecule has 2 aromatic rings. The average Bonchev–Trinajstić information content (AvgIpc) is 2.62. The largest absolute Gasteiger partial charge is 0.354 e. The van der Waals surface area contributed by atoms with Gasteiger partial charge in [-0.3, -0.25) is 9.10 Å². The zero-order chi connectivity index (χ0) is 20.7. The lowest BCUT2D eigenvalue weighted by atomic mass is 10.2. The molecule has 0 bridgehead atoms. The van der Waals surface area contributed by atoms with Gasteiger partial charge >= 0.3 is 0 Å². The van der Waals surface area contributed by atoms with Gasteiger partial charge in [0.1, 0.15) is 12.4 Å². The predicted octanol–water partition coefficient (Wildman–Crippen LogP) is 3.95. The highest BCUT2D eigenvalue weighted by Gasteiger charge is 2.23. The van der Waals surface area contributed by atoms with Crippen LogP contribution in [0.3, 0.4) is 0 Å². The highest BCUT2D eigenvalue weighted by molar-refractivity contribution is 7.98. The average molecular weight is 465 g/mol. The minimum Gasteiger partial charge on any atom is -0.354 e. The van der Waals surface area contributed by atoms with E-state index in [0.29, 0.717) is 28.1 Å². The molecular weight excluding hydrogens is 446 g/mol. The van der Waals surface area contributed by atoms with Crippen molar-refractivity contribution >= 4 is 56.6 Å². The number of sulfonamides is 1. The van der Waals surface area contributed by atoms with Gasteiger partial charge < -0.3 is 5.32 Å². The lowest BCUT2D eigenvalue weighted by Gasteiger charge is -2.22. The molecule has 0 atom stereocenters. The molecule has 0 radical (unpaired) electrons. The van der Waals surface area contributed by atoms with E-state index in [1.54, 1.807) is 23.9 Å². The summed E-state index contributed by atoms with van der Waals surface area (Å²) in [5.74, 6) is 0.0869. The van der Waals surface area contributed by atoms with Crippen LogP contribution in [0.4, 0.5) is 10.1 Å². The summed E-state index contributed by atoms with van der Waals surface area (Å²) in [7, 11) is -3.81. The van der Waals surface area contributed by atoms with E-state index >= 15 is 0 Å². The topological polar surface area (TPSA) is 66.5 Å². The van der Waals surface area contributed by atoms with Gasteiger partial charge in [0.15, 0.2) is 0 Å². The quantitative estimate of drug-likeness (QED) is 0.570. The van der Waals surface area contributed by atoms with Crippen LogP contribution in [0.15, 0.2) is 42.5 Å². The fraction of sp³-hybridized carbons (Fsp3) is 0.278. The van der Waals surface area contributed by atoms with Gasteiger partial charge in [0, 0.05) is 18.1 Å². The molecule has 0 saturated heterocycles. The number of para-hydroxylation sites is 1. The zero-order valence-electron chi connectivity index (χ0n) is 15.0. The zero-order valence-corrected chi connectivity index (χ0v) is 18.1. The second-order valence-electron chi connectivity index (χ2n) is 5.87. The van der Waals surface area contributed by atoms with E-state index < -0.39 is 28.3 Å². The summed E-state index contributed by atoms with van der Waals surface area (Å²) in [4.78, 5) is 12.1. The third kappa shape index (κ3) is 6.84. The van der Waals surface area contributed by atoms with Gasteiger partial charge in [0.25, 0.3) is 0 Å². The second kappa shape index (κ2) is 10.3. The smallest absolute Gasteiger partial charge is 0.240 e. The number of carbonyl (C=O) groups excluding carboxylic acids is 1. The van der Waals surface area contributed by atoms with E-state index in [-0.39, 0.29) is 5.69 Å². The number of nitrogens with one attached hydrogen (secondary N) is 1. The maximum absolute atomic E-state index is 13.9. The van der Waals surface area contributed by atoms with Crippen LogP contribution < -0.4 is 9.62 Å². The molecule has 28 heavy (non-hydrogen) atoms. The Morgan fingerprint density at radius 2 is 1.89 bits per heavy atom. The minimum absolute atomic E-state index is 0.158. The van der Waals surface area contributed by atoms with Crippen molar-refractivity contribution in [2.24, 2.45) is 0 Å². The second-order valence-corrected chi connectivity index (χ2v) is 9.70. The number of anilines is 1. The Morgan fingerprint density at radius 3 is 2.54 bits per heavy atom. The first-order valence-electron chi connectivity index (χ1n) is 8.19. The van der Waals surface area contributed by atoms with E-state index in [1.165, 1.54) is 18.2 Å². The molecule has 5 nitrogen and oxygen atoms in total. The fourth-order valence-corrected chi connectivity index (χ4v) is 4.29. The van der Waals surface area contributed by atoms with Crippen LogP contribution in [-0.4, -0.2) is 39.4 Å². The molecule has 0 spiro atoms. The first-order valence-corrected chi connectivity index (χ1v) is 11.9. The lowest BCUT2D eigenvalue weighted by Crippen LogP contribution is -2.41. The summed E-state index contributed by atoms with van der Waals surface area (Å²) in [6, 6.07) is 10.8. The SMILES string of the molecule is CS(=O)(=O)N(CC(=O)NCCSCc1ccc(Cl)c(Cl)c1)c1ccccc1F. The predicted molar refractivity (Wildman–Crippen MR) is 114 cm³/mol. The van der Waals surface area contributed by atoms with Crippen LogP contribution in [0.25, 0.3) is 0 Å². The molecule has 152 valence electrons. The van der Waals surface area contributed by atoms with Crippen molar-refractivity contribution in [3.8, 4) is 0 Å². The Labute approximate surface area is 178 Å². The lowest BCUT2D eigenvalue weighted by molar-refractivity contribution is -0.119. The highest BCUT2D eigenvalue weighted by Crippen LogP contribution is 2.24. The molecule has 10 heteroatoms. The number of hydrogen-bond acceptors (Lipinski definition) is 4. The number of benzene rings is 2. The van der Waals surface area contributed by atoms with Crippen LogP contribution in [0.2, 0.25) is 10.0 Å². The van der Waals surface area contributed by atoms with Crippen molar-refractivity contribution in [3.05, 3.63) is 63.9 Å². The van der Waals surface area contributed by atoms with Crippen molar-refractivity contribution in [2.45, 2.75) is 5.75 Å². The number of rotatable bonds is 9. The molecule has 0 aromatic heterocycles. The number of thioether (sulfide) groups is 1. The molecule has 0 unspecified atom stereocenters. The van der Waals surface area contributed by atoms with Gasteiger partial charge in [0.2, 0.25) is 15.9 Å². The van der Waals surface area contributed by atoms with Gasteiger partial charge in [-0.1, -0.05) is 41.4 Å². The Balaban J connectivity index is 1.83. The molecule has 0 saturated carbocycles. The number of halogens is 3. The Bertz CT molecular complexity index is 942. The number of amides is 1. The van der Waals surface area contributed by atoms with E-state index in [2.05, 4.69) is 5.32 Å². The van der Waals surface area contributed by atoms with E-state index in [4.69, 9.17) is 23.2 Å². The van der Waals surface area contributed by atoms with Crippen molar-refractivity contribution in [3.63, 3.8) is 0 Å². The fourth-order valence-electron chi connectivity index (χ4n) is 2.30. The van der Waals surface area contributed by atoms with Crippen LogP contribution >= 0.6 is 35.0 Å². The molecule has 2 rings (SSSR count). The summed E-state index contributed by atoms with van der Waals surface area (Å²) in [6.45, 7) is -0.142. The summed E-state index contributed by atoms with van der Waals surface area (Å²) in [5.41, 5.74) is 0.850. The molecule has 0 heterocycles. The molecule has 1 amide bonds. The monoisotopic (exact) mass is 464 g/mol. The number of nitrogens with zero attached hydrogens (tertiary/aromatic N) is 1. The number of hydrogen-bond donors (Lipinski definition) is 1. The van der Waals surface area contributed by atoms with Gasteiger partial charge in [-0.2, -0.15) is 11.8 Å². The van der Waals surface area contributed by atoms with Gasteiger partial charge in [-0.15, -0.1) is 0 Å². The van der Waals surface area contributed by atoms with E-state index in [1.807, 2.05) is 6.07 Å². The van der Waals surface area contributed by atoms with Gasteiger partial charge in [-0.05, 0) is 29.8 Å². The molecule has 2 aromatic carbocycles. The van der Waals surface area contributed by atoms with Crippen molar-refractivity contribution < 1.29 is 17.6 Å². The van der Waals surface area contributed by atoms with Crippen molar-refractivity contribution in [1.82, 2.24) is 5.32 Å². The van der Waals surface area contributed by atoms with Crippen LogP contribution in [0.5, 0.6) is 0 Å². The Kier molecular flexibility index (Phi) is 8.42. The molecule has 0 aliphatic heterocycles. The number of carbonyl (C=O) groups is 1. The third-order valence-electron chi connectivity index (χ3n) is 3.63. The first-order chi connectivity index (χ1) is 13.2. The maximum atomic E-state index is 13.9. The minimum atomic E-state index is -3.81. The molecule has 0 aliphatic rings. The summed E-state index contributed by atoms with van der Waals surface area (Å²) >= 11 is 13.4. The summed E-state index contributed by atoms with van der Waals surface area (Å²) in [5, 5.41) is 3.63. The Morgan fingerprint density at radius 1 is 1.18 bits per heavy atom. The normalized spacial score (nSPS) is 11.3. The summed E-state index contributed by atoms with van der Waals surface area (Å²) < 4.78 is 38.6. The Hall–Kier alpha value is -1.48. The van der Waals surface area contributed by atoms with Crippen molar-refractivity contribution in [1.29, 1.82) is 0 Å². The maximum Gasteiger partial charge on any atom is 0.240 e. The van der Waals surface area contributed by atoms with Crippen molar-refractivity contribution in [2.75, 3.05) is 29.4 Å². The summed E-state index contributed by atoms with van der Waals surface area (Å²) in [6.07, 6.45) is 0.930. The molecule has 0 fully saturated rings. The highest BCUT2D eigenvalue weighted by atomic mass is 35.5. The third-order valence-corrected chi connectivity index (χ3v) is 6.53. The molecule has 1 N–H and O–H groups in total. The standard InChI is InChI=1S/C18H19Cl2FN2O3S2/c1-28(25,26)23(17-5-3-2-4-16(17)21)11-18(24)22-8-9-27-12-13-6-7-14(19)15(20)10-13/h2-7,10H,8-9,11-12H2,1H3,(H,22,24). The van der Waals surface area contributed by atoms with Crippen LogP contribution in [0.1, 0.15) is 5.56 Å². The molecule has 0 aliphatic carbocycles.